The number of Topliss-reactive ketones (excluding diaryl/α,β-unsaturated/α-hetero) is 1. The van der Waals surface area contributed by atoms with E-state index in [4.69, 9.17) is 4.42 Å². The second-order valence-electron chi connectivity index (χ2n) is 4.25. The fourth-order valence-electron chi connectivity index (χ4n) is 1.92. The average molecular weight is 263 g/mol. The number of unbranched alkanes of at least 4 members (excludes halogenated alkanes) is 1. The number of ketones is 1. The summed E-state index contributed by atoms with van der Waals surface area (Å²) in [5.41, 5.74) is 0.160. The zero-order chi connectivity index (χ0) is 14.0. The molecule has 0 aliphatic rings. The van der Waals surface area contributed by atoms with Gasteiger partial charge in [-0.1, -0.05) is 13.3 Å². The molecule has 6 nitrogen and oxygen atoms in total. The predicted octanol–water partition coefficient (Wildman–Crippen LogP) is 3.42. The maximum absolute atomic E-state index is 12.0. The van der Waals surface area contributed by atoms with Crippen LogP contribution in [0.4, 0.5) is 5.69 Å². The normalized spacial score (nSPS) is 10.8. The molecule has 19 heavy (non-hydrogen) atoms. The summed E-state index contributed by atoms with van der Waals surface area (Å²) in [5, 5.41) is 20.7. The number of furan rings is 1. The molecular formula is C13H13NO5. The molecule has 0 radical (unpaired) electrons. The van der Waals surface area contributed by atoms with E-state index in [1.54, 1.807) is 0 Å². The summed E-state index contributed by atoms with van der Waals surface area (Å²) in [6, 6.07) is 3.90. The van der Waals surface area contributed by atoms with Crippen molar-refractivity contribution in [2.24, 2.45) is 0 Å². The third kappa shape index (κ3) is 2.42. The van der Waals surface area contributed by atoms with E-state index in [0.717, 1.165) is 6.42 Å². The first-order valence-corrected chi connectivity index (χ1v) is 5.97. The molecule has 0 saturated carbocycles. The van der Waals surface area contributed by atoms with Gasteiger partial charge in [0.15, 0.2) is 5.78 Å². The number of hydrogen-bond donors (Lipinski definition) is 1. The van der Waals surface area contributed by atoms with E-state index in [9.17, 15) is 20.0 Å². The van der Waals surface area contributed by atoms with Crippen LogP contribution in [-0.4, -0.2) is 15.8 Å². The van der Waals surface area contributed by atoms with Gasteiger partial charge in [0.1, 0.15) is 11.1 Å². The van der Waals surface area contributed by atoms with Gasteiger partial charge in [0.25, 0.3) is 11.6 Å². The predicted molar refractivity (Wildman–Crippen MR) is 68.4 cm³/mol. The quantitative estimate of drug-likeness (QED) is 0.506. The van der Waals surface area contributed by atoms with Gasteiger partial charge in [-0.3, -0.25) is 14.9 Å². The second kappa shape index (κ2) is 5.09. The van der Waals surface area contributed by atoms with Gasteiger partial charge >= 0.3 is 0 Å². The first-order chi connectivity index (χ1) is 9.04. The first-order valence-electron chi connectivity index (χ1n) is 5.97. The van der Waals surface area contributed by atoms with Gasteiger partial charge in [0.2, 0.25) is 0 Å². The molecule has 0 aliphatic heterocycles. The number of rotatable bonds is 5. The fraction of sp³-hybridized carbons (Fsp3) is 0.308. The summed E-state index contributed by atoms with van der Waals surface area (Å²) in [7, 11) is 0. The highest BCUT2D eigenvalue weighted by atomic mass is 16.6. The Hall–Kier alpha value is -2.37. The van der Waals surface area contributed by atoms with Crippen LogP contribution in [0.1, 0.15) is 36.5 Å². The molecule has 0 spiro atoms. The van der Waals surface area contributed by atoms with E-state index in [0.29, 0.717) is 6.42 Å². The largest absolute Gasteiger partial charge is 0.480 e. The molecule has 0 aliphatic carbocycles. The van der Waals surface area contributed by atoms with E-state index in [1.807, 2.05) is 6.92 Å². The standard InChI is InChI=1S/C13H13NO5/c1-2-3-4-10(15)12-9-7-8(14(17)18)5-6-11(9)19-13(12)16/h5-7,16H,2-4H2,1H3. The summed E-state index contributed by atoms with van der Waals surface area (Å²) in [4.78, 5) is 22.2. The molecule has 2 rings (SSSR count). The molecule has 1 N–H and O–H groups in total. The molecule has 1 aromatic heterocycles. The second-order valence-corrected chi connectivity index (χ2v) is 4.25. The number of carbonyl (C=O) groups is 1. The van der Waals surface area contributed by atoms with E-state index in [-0.39, 0.29) is 34.4 Å². The van der Waals surface area contributed by atoms with Crippen LogP contribution in [0.15, 0.2) is 22.6 Å². The summed E-state index contributed by atoms with van der Waals surface area (Å²) in [5.74, 6) is -0.741. The molecule has 0 unspecified atom stereocenters. The Morgan fingerprint density at radius 1 is 1.47 bits per heavy atom. The lowest BCUT2D eigenvalue weighted by molar-refractivity contribution is -0.384. The van der Waals surface area contributed by atoms with Gasteiger partial charge in [0, 0.05) is 23.9 Å². The summed E-state index contributed by atoms with van der Waals surface area (Å²) in [6.07, 6.45) is 1.82. The lowest BCUT2D eigenvalue weighted by Gasteiger charge is -1.97. The van der Waals surface area contributed by atoms with Crippen molar-refractivity contribution in [1.82, 2.24) is 0 Å². The number of aromatic hydroxyl groups is 1. The van der Waals surface area contributed by atoms with Crippen molar-refractivity contribution < 1.29 is 19.2 Å². The van der Waals surface area contributed by atoms with Crippen LogP contribution >= 0.6 is 0 Å². The Balaban J connectivity index is 2.52. The molecule has 1 aromatic carbocycles. The highest BCUT2D eigenvalue weighted by Gasteiger charge is 2.22. The van der Waals surface area contributed by atoms with E-state index < -0.39 is 10.9 Å². The molecule has 0 saturated heterocycles. The monoisotopic (exact) mass is 263 g/mol. The van der Waals surface area contributed by atoms with Crippen LogP contribution in [-0.2, 0) is 0 Å². The van der Waals surface area contributed by atoms with Crippen LogP contribution in [0.3, 0.4) is 0 Å². The molecule has 1 heterocycles. The zero-order valence-corrected chi connectivity index (χ0v) is 10.4. The molecule has 0 amide bonds. The number of benzene rings is 1. The van der Waals surface area contributed by atoms with Crippen LogP contribution in [0.25, 0.3) is 11.0 Å². The smallest absolute Gasteiger partial charge is 0.294 e. The molecular weight excluding hydrogens is 250 g/mol. The Morgan fingerprint density at radius 2 is 2.21 bits per heavy atom. The van der Waals surface area contributed by atoms with Crippen molar-refractivity contribution in [2.45, 2.75) is 26.2 Å². The van der Waals surface area contributed by atoms with Crippen molar-refractivity contribution in [2.75, 3.05) is 0 Å². The minimum atomic E-state index is -0.552. The number of fused-ring (bicyclic) bond motifs is 1. The zero-order valence-electron chi connectivity index (χ0n) is 10.4. The molecule has 6 heteroatoms. The molecule has 0 fully saturated rings. The Morgan fingerprint density at radius 3 is 2.84 bits per heavy atom. The maximum Gasteiger partial charge on any atom is 0.294 e. The van der Waals surface area contributed by atoms with Gasteiger partial charge in [-0.25, -0.2) is 0 Å². The van der Waals surface area contributed by atoms with Gasteiger partial charge < -0.3 is 9.52 Å². The van der Waals surface area contributed by atoms with Gasteiger partial charge in [-0.2, -0.15) is 0 Å². The van der Waals surface area contributed by atoms with Crippen LogP contribution < -0.4 is 0 Å². The summed E-state index contributed by atoms with van der Waals surface area (Å²) >= 11 is 0. The molecule has 0 atom stereocenters. The van der Waals surface area contributed by atoms with Gasteiger partial charge in [-0.05, 0) is 12.5 Å². The minimum absolute atomic E-state index is 0.0344. The van der Waals surface area contributed by atoms with E-state index in [2.05, 4.69) is 0 Å². The molecule has 2 aromatic rings. The van der Waals surface area contributed by atoms with Crippen molar-refractivity contribution in [1.29, 1.82) is 0 Å². The summed E-state index contributed by atoms with van der Waals surface area (Å²) in [6.45, 7) is 1.95. The van der Waals surface area contributed by atoms with Crippen LogP contribution in [0.5, 0.6) is 5.95 Å². The Bertz CT molecular complexity index is 644. The van der Waals surface area contributed by atoms with Crippen molar-refractivity contribution in [3.63, 3.8) is 0 Å². The third-order valence-electron chi connectivity index (χ3n) is 2.90. The number of nitrogens with zero attached hydrogens (tertiary/aromatic N) is 1. The SMILES string of the molecule is CCCCC(=O)c1c(O)oc2ccc([N+](=O)[O-])cc12. The number of nitro groups is 1. The summed E-state index contributed by atoms with van der Waals surface area (Å²) < 4.78 is 5.05. The van der Waals surface area contributed by atoms with Crippen molar-refractivity contribution in [3.8, 4) is 5.95 Å². The van der Waals surface area contributed by atoms with Crippen LogP contribution in [0, 0.1) is 10.1 Å². The van der Waals surface area contributed by atoms with Crippen LogP contribution in [0.2, 0.25) is 0 Å². The van der Waals surface area contributed by atoms with Gasteiger partial charge in [0.05, 0.1) is 4.92 Å². The number of non-ortho nitro benzene ring substituents is 1. The van der Waals surface area contributed by atoms with Gasteiger partial charge in [-0.15, -0.1) is 0 Å². The molecule has 0 bridgehead atoms. The number of nitro benzene ring substituents is 1. The topological polar surface area (TPSA) is 93.6 Å². The van der Waals surface area contributed by atoms with E-state index in [1.165, 1.54) is 18.2 Å². The highest BCUT2D eigenvalue weighted by molar-refractivity contribution is 6.09. The van der Waals surface area contributed by atoms with E-state index >= 15 is 0 Å². The Labute approximate surface area is 108 Å². The molecule has 100 valence electrons. The fourth-order valence-corrected chi connectivity index (χ4v) is 1.92. The lowest BCUT2D eigenvalue weighted by Crippen LogP contribution is -1.98. The van der Waals surface area contributed by atoms with Crippen molar-refractivity contribution in [3.05, 3.63) is 33.9 Å². The average Bonchev–Trinajstić information content (AvgIpc) is 2.70. The number of hydrogen-bond acceptors (Lipinski definition) is 5. The minimum Gasteiger partial charge on any atom is -0.480 e. The number of carbonyl (C=O) groups excluding carboxylic acids is 1. The lowest BCUT2D eigenvalue weighted by atomic mass is 10.0. The first kappa shape index (κ1) is 13.1. The maximum atomic E-state index is 12.0. The third-order valence-corrected chi connectivity index (χ3v) is 2.90. The van der Waals surface area contributed by atoms with Crippen molar-refractivity contribution >= 4 is 22.4 Å². The highest BCUT2D eigenvalue weighted by Crippen LogP contribution is 2.34. The Kier molecular flexibility index (Phi) is 3.50.